The molecule has 31 heavy (non-hydrogen) atoms. The third-order valence-electron chi connectivity index (χ3n) is 4.43. The summed E-state index contributed by atoms with van der Waals surface area (Å²) in [7, 11) is 0. The summed E-state index contributed by atoms with van der Waals surface area (Å²) >= 11 is 0. The highest BCUT2D eigenvalue weighted by molar-refractivity contribution is 5.98. The highest BCUT2D eigenvalue weighted by Gasteiger charge is 2.29. The zero-order valence-corrected chi connectivity index (χ0v) is 16.4. The van der Waals surface area contributed by atoms with Crippen molar-refractivity contribution >= 4 is 11.6 Å². The largest absolute Gasteiger partial charge is 0.490 e. The Morgan fingerprint density at radius 2 is 1.90 bits per heavy atom. The molecular weight excluding hydrogens is 421 g/mol. The van der Waals surface area contributed by atoms with Crippen LogP contribution in [0.4, 0.5) is 18.9 Å². The van der Waals surface area contributed by atoms with Crippen molar-refractivity contribution in [2.75, 3.05) is 19.8 Å². The number of nitrogens with one attached hydrogen (secondary N) is 1. The Morgan fingerprint density at radius 1 is 1.19 bits per heavy atom. The van der Waals surface area contributed by atoms with Gasteiger partial charge in [-0.1, -0.05) is 6.07 Å². The number of nitro groups is 1. The van der Waals surface area contributed by atoms with Crippen LogP contribution in [0.2, 0.25) is 0 Å². The molecule has 166 valence electrons. The van der Waals surface area contributed by atoms with Crippen LogP contribution in [0, 0.1) is 10.1 Å². The van der Waals surface area contributed by atoms with E-state index in [2.05, 4.69) is 10.1 Å². The zero-order valence-electron chi connectivity index (χ0n) is 16.4. The summed E-state index contributed by atoms with van der Waals surface area (Å²) in [6.07, 6.45) is -3.86. The lowest BCUT2D eigenvalue weighted by Crippen LogP contribution is -2.27. The number of hydrogen-bond acceptors (Lipinski definition) is 6. The van der Waals surface area contributed by atoms with Crippen LogP contribution in [-0.2, 0) is 0 Å². The van der Waals surface area contributed by atoms with E-state index in [1.807, 2.05) is 0 Å². The van der Waals surface area contributed by atoms with Crippen LogP contribution >= 0.6 is 0 Å². The van der Waals surface area contributed by atoms with Crippen LogP contribution in [0.15, 0.2) is 36.4 Å². The van der Waals surface area contributed by atoms with E-state index in [9.17, 15) is 28.1 Å². The molecule has 0 aliphatic carbocycles. The summed E-state index contributed by atoms with van der Waals surface area (Å²) < 4.78 is 52.9. The van der Waals surface area contributed by atoms with Gasteiger partial charge in [-0.2, -0.15) is 13.2 Å². The van der Waals surface area contributed by atoms with E-state index in [1.165, 1.54) is 0 Å². The van der Waals surface area contributed by atoms with Crippen molar-refractivity contribution < 1.29 is 37.1 Å². The third kappa shape index (κ3) is 5.77. The summed E-state index contributed by atoms with van der Waals surface area (Å²) in [5.74, 6) is -0.0466. The lowest BCUT2D eigenvalue weighted by Gasteiger charge is -2.17. The highest BCUT2D eigenvalue weighted by atomic mass is 19.4. The predicted molar refractivity (Wildman–Crippen MR) is 103 cm³/mol. The average Bonchev–Trinajstić information content (AvgIpc) is 2.96. The van der Waals surface area contributed by atoms with Crippen LogP contribution in [0.1, 0.15) is 35.3 Å². The molecule has 1 aliphatic rings. The smallest absolute Gasteiger partial charge is 0.422 e. The number of amides is 1. The van der Waals surface area contributed by atoms with E-state index >= 15 is 0 Å². The molecule has 1 N–H and O–H groups in total. The maximum absolute atomic E-state index is 12.7. The van der Waals surface area contributed by atoms with Crippen molar-refractivity contribution in [3.63, 3.8) is 0 Å². The molecule has 0 saturated heterocycles. The van der Waals surface area contributed by atoms with Gasteiger partial charge < -0.3 is 19.5 Å². The molecule has 0 fully saturated rings. The summed E-state index contributed by atoms with van der Waals surface area (Å²) in [6.45, 7) is 1.08. The molecule has 8 nitrogen and oxygen atoms in total. The van der Waals surface area contributed by atoms with Gasteiger partial charge in [-0.15, -0.1) is 0 Å². The van der Waals surface area contributed by atoms with E-state index < -0.39 is 40.9 Å². The summed E-state index contributed by atoms with van der Waals surface area (Å²) in [6, 6.07) is 7.39. The molecule has 1 amide bonds. The Bertz CT molecular complexity index is 980. The van der Waals surface area contributed by atoms with Gasteiger partial charge in [0.25, 0.3) is 11.6 Å². The minimum atomic E-state index is -4.59. The maximum atomic E-state index is 12.7. The standard InChI is InChI=1S/C20H19F3N2O6/c1-12(13-3-6-17-18(9-13)30-8-2-7-29-17)24-19(26)15-10-14(31-11-20(21,22)23)4-5-16(15)25(27)28/h3-6,9-10,12H,2,7-8,11H2,1H3,(H,24,26). The number of benzene rings is 2. The summed E-state index contributed by atoms with van der Waals surface area (Å²) in [5, 5.41) is 13.9. The van der Waals surface area contributed by atoms with E-state index in [1.54, 1.807) is 25.1 Å². The second-order valence-corrected chi connectivity index (χ2v) is 6.79. The van der Waals surface area contributed by atoms with Crippen molar-refractivity contribution in [1.29, 1.82) is 0 Å². The molecule has 0 radical (unpaired) electrons. The predicted octanol–water partition coefficient (Wildman–Crippen LogP) is 4.19. The Balaban J connectivity index is 1.79. The maximum Gasteiger partial charge on any atom is 0.422 e. The number of carbonyl (C=O) groups is 1. The lowest BCUT2D eigenvalue weighted by molar-refractivity contribution is -0.385. The molecule has 2 aromatic rings. The van der Waals surface area contributed by atoms with Crippen LogP contribution in [0.3, 0.4) is 0 Å². The lowest BCUT2D eigenvalue weighted by atomic mass is 10.1. The number of ether oxygens (including phenoxy) is 3. The first-order valence-corrected chi connectivity index (χ1v) is 9.32. The Hall–Kier alpha value is -3.50. The second kappa shape index (κ2) is 9.11. The number of hydrogen-bond donors (Lipinski definition) is 1. The van der Waals surface area contributed by atoms with E-state index in [4.69, 9.17) is 9.47 Å². The summed E-state index contributed by atoms with van der Waals surface area (Å²) in [4.78, 5) is 23.2. The molecular formula is C20H19F3N2O6. The topological polar surface area (TPSA) is 99.9 Å². The monoisotopic (exact) mass is 440 g/mol. The van der Waals surface area contributed by atoms with Crippen molar-refractivity contribution in [1.82, 2.24) is 5.32 Å². The molecule has 0 aromatic heterocycles. The number of fused-ring (bicyclic) bond motifs is 1. The molecule has 0 spiro atoms. The van der Waals surface area contributed by atoms with Gasteiger partial charge in [0.15, 0.2) is 18.1 Å². The normalized spacial score (nSPS) is 14.3. The van der Waals surface area contributed by atoms with Gasteiger partial charge in [-0.3, -0.25) is 14.9 Å². The van der Waals surface area contributed by atoms with Crippen molar-refractivity contribution in [2.24, 2.45) is 0 Å². The molecule has 1 atom stereocenters. The quantitative estimate of drug-likeness (QED) is 0.534. The van der Waals surface area contributed by atoms with Gasteiger partial charge in [0, 0.05) is 12.5 Å². The Labute approximate surface area is 175 Å². The highest BCUT2D eigenvalue weighted by Crippen LogP contribution is 2.33. The molecule has 0 bridgehead atoms. The van der Waals surface area contributed by atoms with Crippen molar-refractivity contribution in [2.45, 2.75) is 25.6 Å². The van der Waals surface area contributed by atoms with Gasteiger partial charge in [-0.05, 0) is 36.8 Å². The summed E-state index contributed by atoms with van der Waals surface area (Å²) in [5.41, 5.74) is -0.307. The van der Waals surface area contributed by atoms with E-state index in [0.717, 1.165) is 24.6 Å². The average molecular weight is 440 g/mol. The molecule has 1 unspecified atom stereocenters. The van der Waals surface area contributed by atoms with Crippen molar-refractivity contribution in [3.8, 4) is 17.2 Å². The number of carbonyl (C=O) groups excluding carboxylic acids is 1. The van der Waals surface area contributed by atoms with Gasteiger partial charge in [0.05, 0.1) is 24.2 Å². The van der Waals surface area contributed by atoms with Crippen LogP contribution in [-0.4, -0.2) is 36.8 Å². The number of rotatable bonds is 6. The van der Waals surface area contributed by atoms with Crippen LogP contribution in [0.5, 0.6) is 17.2 Å². The first kappa shape index (κ1) is 22.2. The minimum absolute atomic E-state index is 0.309. The van der Waals surface area contributed by atoms with Crippen LogP contribution < -0.4 is 19.5 Å². The fourth-order valence-electron chi connectivity index (χ4n) is 2.92. The fourth-order valence-corrected chi connectivity index (χ4v) is 2.92. The number of alkyl halides is 3. The Morgan fingerprint density at radius 3 is 2.58 bits per heavy atom. The molecule has 3 rings (SSSR count). The fraction of sp³-hybridized carbons (Fsp3) is 0.350. The molecule has 11 heteroatoms. The Kier molecular flexibility index (Phi) is 6.52. The number of nitrogens with zero attached hydrogens (tertiary/aromatic N) is 1. The van der Waals surface area contributed by atoms with Crippen LogP contribution in [0.25, 0.3) is 0 Å². The van der Waals surface area contributed by atoms with Crippen molar-refractivity contribution in [3.05, 3.63) is 57.6 Å². The molecule has 0 saturated carbocycles. The second-order valence-electron chi connectivity index (χ2n) is 6.79. The van der Waals surface area contributed by atoms with Gasteiger partial charge in [0.2, 0.25) is 0 Å². The molecule has 2 aromatic carbocycles. The number of nitro benzene ring substituents is 1. The minimum Gasteiger partial charge on any atom is -0.490 e. The van der Waals surface area contributed by atoms with E-state index in [-0.39, 0.29) is 5.75 Å². The first-order chi connectivity index (χ1) is 14.6. The zero-order chi connectivity index (χ0) is 22.6. The SMILES string of the molecule is CC(NC(=O)c1cc(OCC(F)(F)F)ccc1[N+](=O)[O-])c1ccc2c(c1)OCCCO2. The number of halogens is 3. The third-order valence-corrected chi connectivity index (χ3v) is 4.43. The van der Waals surface area contributed by atoms with Gasteiger partial charge in [0.1, 0.15) is 11.3 Å². The van der Waals surface area contributed by atoms with E-state index in [0.29, 0.717) is 30.3 Å². The molecule has 1 aliphatic heterocycles. The van der Waals surface area contributed by atoms with Gasteiger partial charge >= 0.3 is 6.18 Å². The molecule has 1 heterocycles. The first-order valence-electron chi connectivity index (χ1n) is 9.32. The van der Waals surface area contributed by atoms with Gasteiger partial charge in [-0.25, -0.2) is 0 Å².